The summed E-state index contributed by atoms with van der Waals surface area (Å²) in [6.07, 6.45) is 2.27. The van der Waals surface area contributed by atoms with Crippen molar-refractivity contribution < 1.29 is 14.1 Å². The van der Waals surface area contributed by atoms with Gasteiger partial charge in [0.1, 0.15) is 5.69 Å². The summed E-state index contributed by atoms with van der Waals surface area (Å²) in [5.41, 5.74) is 0.755. The van der Waals surface area contributed by atoms with E-state index in [1.807, 2.05) is 18.2 Å². The zero-order valence-corrected chi connectivity index (χ0v) is 11.4. The molecule has 0 radical (unpaired) electrons. The topological polar surface area (TPSA) is 77.3 Å². The summed E-state index contributed by atoms with van der Waals surface area (Å²) in [5.74, 6) is -0.805. The number of hydrogen-bond donors (Lipinski definition) is 1. The molecule has 0 saturated carbocycles. The lowest BCUT2D eigenvalue weighted by molar-refractivity contribution is -0.384. The summed E-state index contributed by atoms with van der Waals surface area (Å²) >= 11 is 0. The Balaban J connectivity index is 2.12. The molecule has 6 nitrogen and oxygen atoms in total. The molecule has 0 aliphatic heterocycles. The maximum Gasteiger partial charge on any atom is 0.295 e. The predicted octanol–water partition coefficient (Wildman–Crippen LogP) is 2.79. The van der Waals surface area contributed by atoms with Crippen LogP contribution in [0, 0.1) is 15.9 Å². The van der Waals surface area contributed by atoms with Gasteiger partial charge in [-0.25, -0.2) is 4.39 Å². The average molecular weight is 291 g/mol. The number of nitro groups is 1. The van der Waals surface area contributed by atoms with Crippen LogP contribution in [0.2, 0.25) is 0 Å². The highest BCUT2D eigenvalue weighted by atomic mass is 19.1. The zero-order valence-electron chi connectivity index (χ0n) is 11.4. The predicted molar refractivity (Wildman–Crippen MR) is 76.0 cm³/mol. The highest BCUT2D eigenvalue weighted by molar-refractivity contribution is 5.64. The first-order valence-corrected chi connectivity index (χ1v) is 6.27. The molecule has 2 aromatic rings. The van der Waals surface area contributed by atoms with Crippen molar-refractivity contribution in [2.45, 2.75) is 6.42 Å². The minimum atomic E-state index is -0.764. The van der Waals surface area contributed by atoms with Gasteiger partial charge in [0.15, 0.2) is 11.6 Å². The lowest BCUT2D eigenvalue weighted by Gasteiger charge is -2.09. The molecule has 2 rings (SSSR count). The number of nitro benzene ring substituents is 1. The lowest BCUT2D eigenvalue weighted by atomic mass is 10.2. The minimum Gasteiger partial charge on any atom is -0.494 e. The number of benzene rings is 1. The Hall–Kier alpha value is -2.70. The lowest BCUT2D eigenvalue weighted by Crippen LogP contribution is -2.08. The van der Waals surface area contributed by atoms with Crippen molar-refractivity contribution in [1.82, 2.24) is 4.98 Å². The van der Waals surface area contributed by atoms with E-state index in [0.717, 1.165) is 11.8 Å². The van der Waals surface area contributed by atoms with Gasteiger partial charge in [-0.1, -0.05) is 6.07 Å². The molecule has 0 fully saturated rings. The molecule has 0 saturated heterocycles. The molecule has 110 valence electrons. The fourth-order valence-corrected chi connectivity index (χ4v) is 1.86. The number of nitrogens with one attached hydrogen (secondary N) is 1. The van der Waals surface area contributed by atoms with Crippen LogP contribution in [0.4, 0.5) is 15.8 Å². The molecular weight excluding hydrogens is 277 g/mol. The summed E-state index contributed by atoms with van der Waals surface area (Å²) in [6.45, 7) is 0.437. The zero-order chi connectivity index (χ0) is 15.2. The van der Waals surface area contributed by atoms with Gasteiger partial charge in [0, 0.05) is 30.9 Å². The van der Waals surface area contributed by atoms with Gasteiger partial charge in [-0.15, -0.1) is 0 Å². The van der Waals surface area contributed by atoms with E-state index in [-0.39, 0.29) is 17.1 Å². The molecule has 0 amide bonds. The third-order valence-corrected chi connectivity index (χ3v) is 2.89. The number of ether oxygens (including phenoxy) is 1. The number of anilines is 1. The molecule has 1 N–H and O–H groups in total. The van der Waals surface area contributed by atoms with E-state index in [9.17, 15) is 14.5 Å². The van der Waals surface area contributed by atoms with Crippen LogP contribution in [0.3, 0.4) is 0 Å². The number of methoxy groups -OCH3 is 1. The number of aromatic nitrogens is 1. The van der Waals surface area contributed by atoms with Gasteiger partial charge in [0.2, 0.25) is 0 Å². The quantitative estimate of drug-likeness (QED) is 0.654. The molecule has 0 aliphatic rings. The minimum absolute atomic E-state index is 0.0408. The van der Waals surface area contributed by atoms with E-state index in [1.165, 1.54) is 13.2 Å². The van der Waals surface area contributed by atoms with E-state index in [2.05, 4.69) is 10.3 Å². The van der Waals surface area contributed by atoms with Crippen LogP contribution in [0.15, 0.2) is 36.5 Å². The first kappa shape index (κ1) is 14.7. The average Bonchev–Trinajstić information content (AvgIpc) is 2.49. The molecule has 1 aromatic heterocycles. The highest BCUT2D eigenvalue weighted by Crippen LogP contribution is 2.31. The molecule has 0 unspecified atom stereocenters. The molecular formula is C14H14FN3O3. The Kier molecular flexibility index (Phi) is 4.65. The van der Waals surface area contributed by atoms with E-state index in [0.29, 0.717) is 13.0 Å². The van der Waals surface area contributed by atoms with Crippen LogP contribution in [-0.2, 0) is 6.42 Å². The van der Waals surface area contributed by atoms with Gasteiger partial charge in [-0.3, -0.25) is 15.1 Å². The van der Waals surface area contributed by atoms with E-state index in [4.69, 9.17) is 4.74 Å². The highest BCUT2D eigenvalue weighted by Gasteiger charge is 2.18. The maximum absolute atomic E-state index is 13.5. The smallest absolute Gasteiger partial charge is 0.295 e. The third kappa shape index (κ3) is 3.65. The molecule has 1 aromatic carbocycles. The Morgan fingerprint density at radius 2 is 2.24 bits per heavy atom. The standard InChI is InChI=1S/C14H14FN3O3/c1-21-14-9-12(13(18(19)20)8-11(14)15)17-7-5-10-4-2-3-6-16-10/h2-4,6,8-9,17H,5,7H2,1H3. The van der Waals surface area contributed by atoms with Crippen molar-refractivity contribution in [2.75, 3.05) is 19.0 Å². The normalized spacial score (nSPS) is 10.2. The van der Waals surface area contributed by atoms with Gasteiger partial charge < -0.3 is 10.1 Å². The summed E-state index contributed by atoms with van der Waals surface area (Å²) in [6, 6.07) is 7.67. The van der Waals surface area contributed by atoms with Crippen LogP contribution < -0.4 is 10.1 Å². The third-order valence-electron chi connectivity index (χ3n) is 2.89. The van der Waals surface area contributed by atoms with Crippen LogP contribution in [0.25, 0.3) is 0 Å². The summed E-state index contributed by atoms with van der Waals surface area (Å²) in [5, 5.41) is 13.9. The summed E-state index contributed by atoms with van der Waals surface area (Å²) in [4.78, 5) is 14.5. The number of halogens is 1. The second kappa shape index (κ2) is 6.65. The Morgan fingerprint density at radius 1 is 1.43 bits per heavy atom. The van der Waals surface area contributed by atoms with E-state index >= 15 is 0 Å². The Bertz CT molecular complexity index is 635. The van der Waals surface area contributed by atoms with Crippen molar-refractivity contribution >= 4 is 11.4 Å². The molecule has 0 aliphatic carbocycles. The molecule has 0 atom stereocenters. The van der Waals surface area contributed by atoms with E-state index < -0.39 is 10.7 Å². The van der Waals surface area contributed by atoms with Gasteiger partial charge in [-0.2, -0.15) is 0 Å². The summed E-state index contributed by atoms with van der Waals surface area (Å²) in [7, 11) is 1.31. The number of nitrogens with zero attached hydrogens (tertiary/aromatic N) is 2. The SMILES string of the molecule is COc1cc(NCCc2ccccn2)c([N+](=O)[O-])cc1F. The largest absolute Gasteiger partial charge is 0.494 e. The molecule has 1 heterocycles. The number of pyridine rings is 1. The van der Waals surface area contributed by atoms with Gasteiger partial charge in [0.25, 0.3) is 5.69 Å². The summed E-state index contributed by atoms with van der Waals surface area (Å²) < 4.78 is 18.3. The van der Waals surface area contributed by atoms with Crippen LogP contribution in [0.1, 0.15) is 5.69 Å². The fourth-order valence-electron chi connectivity index (χ4n) is 1.86. The van der Waals surface area contributed by atoms with Gasteiger partial charge >= 0.3 is 0 Å². The molecule has 0 spiro atoms. The van der Waals surface area contributed by atoms with Gasteiger partial charge in [-0.05, 0) is 12.1 Å². The van der Waals surface area contributed by atoms with Crippen LogP contribution in [0.5, 0.6) is 5.75 Å². The second-order valence-corrected chi connectivity index (χ2v) is 4.26. The second-order valence-electron chi connectivity index (χ2n) is 4.26. The fraction of sp³-hybridized carbons (Fsp3) is 0.214. The van der Waals surface area contributed by atoms with Crippen molar-refractivity contribution in [3.05, 3.63) is 58.2 Å². The Labute approximate surface area is 120 Å². The van der Waals surface area contributed by atoms with Gasteiger partial charge in [0.05, 0.1) is 18.1 Å². The van der Waals surface area contributed by atoms with Crippen molar-refractivity contribution in [1.29, 1.82) is 0 Å². The number of rotatable bonds is 6. The van der Waals surface area contributed by atoms with Crippen LogP contribution >= 0.6 is 0 Å². The molecule has 7 heteroatoms. The maximum atomic E-state index is 13.5. The van der Waals surface area contributed by atoms with Crippen molar-refractivity contribution in [3.8, 4) is 5.75 Å². The first-order valence-electron chi connectivity index (χ1n) is 6.27. The van der Waals surface area contributed by atoms with Crippen molar-refractivity contribution in [3.63, 3.8) is 0 Å². The van der Waals surface area contributed by atoms with Crippen molar-refractivity contribution in [2.24, 2.45) is 0 Å². The molecule has 0 bridgehead atoms. The van der Waals surface area contributed by atoms with Crippen LogP contribution in [-0.4, -0.2) is 23.6 Å². The number of hydrogen-bond acceptors (Lipinski definition) is 5. The Morgan fingerprint density at radius 3 is 2.86 bits per heavy atom. The van der Waals surface area contributed by atoms with E-state index in [1.54, 1.807) is 6.20 Å². The molecule has 21 heavy (non-hydrogen) atoms. The first-order chi connectivity index (χ1) is 10.1. The monoisotopic (exact) mass is 291 g/mol.